The lowest BCUT2D eigenvalue weighted by Crippen LogP contribution is -2.41. The minimum atomic E-state index is -0.580. The summed E-state index contributed by atoms with van der Waals surface area (Å²) in [4.78, 5) is 39.6. The Labute approximate surface area is 189 Å². The third-order valence-electron chi connectivity index (χ3n) is 5.53. The van der Waals surface area contributed by atoms with Gasteiger partial charge in [-0.1, -0.05) is 29.8 Å². The lowest BCUT2D eigenvalue weighted by atomic mass is 10.2. The van der Waals surface area contributed by atoms with E-state index in [2.05, 4.69) is 5.32 Å². The maximum Gasteiger partial charge on any atom is 0.336 e. The van der Waals surface area contributed by atoms with Crippen molar-refractivity contribution in [3.63, 3.8) is 0 Å². The molecule has 7 nitrogen and oxygen atoms in total. The van der Waals surface area contributed by atoms with Crippen LogP contribution >= 0.6 is 11.6 Å². The molecule has 0 saturated heterocycles. The fourth-order valence-corrected chi connectivity index (χ4v) is 4.07. The van der Waals surface area contributed by atoms with Gasteiger partial charge < -0.3 is 9.88 Å². The molecule has 2 aromatic heterocycles. The largest absolute Gasteiger partial charge is 0.342 e. The van der Waals surface area contributed by atoms with E-state index in [1.54, 1.807) is 48.0 Å². The van der Waals surface area contributed by atoms with Crippen LogP contribution in [0.25, 0.3) is 16.7 Å². The fraction of sp³-hybridized carbons (Fsp3) is 0.208. The molecular weight excluding hydrogens is 428 g/mol. The van der Waals surface area contributed by atoms with Crippen LogP contribution < -0.4 is 16.6 Å². The molecular formula is C24H23ClN4O3. The zero-order chi connectivity index (χ0) is 23.2. The molecule has 2 heterocycles. The number of amides is 1. The predicted molar refractivity (Wildman–Crippen MR) is 127 cm³/mol. The Morgan fingerprint density at radius 2 is 1.72 bits per heavy atom. The van der Waals surface area contributed by atoms with Crippen molar-refractivity contribution in [3.8, 4) is 5.69 Å². The summed E-state index contributed by atoms with van der Waals surface area (Å²) in [6.07, 6.45) is 0. The third kappa shape index (κ3) is 3.76. The number of rotatable bonds is 4. The van der Waals surface area contributed by atoms with Crippen molar-refractivity contribution in [2.75, 3.05) is 5.32 Å². The van der Waals surface area contributed by atoms with Crippen LogP contribution in [-0.2, 0) is 18.4 Å². The molecule has 2 aromatic carbocycles. The summed E-state index contributed by atoms with van der Waals surface area (Å²) in [6.45, 7) is 5.36. The van der Waals surface area contributed by atoms with Crippen molar-refractivity contribution in [1.82, 2.24) is 13.7 Å². The van der Waals surface area contributed by atoms with E-state index in [4.69, 9.17) is 11.6 Å². The Balaban J connectivity index is 1.87. The summed E-state index contributed by atoms with van der Waals surface area (Å²) in [6, 6.07) is 14.2. The number of carbonyl (C=O) groups is 1. The summed E-state index contributed by atoms with van der Waals surface area (Å²) in [5, 5.41) is 3.17. The number of hydrogen-bond acceptors (Lipinski definition) is 3. The molecule has 0 fully saturated rings. The Morgan fingerprint density at radius 1 is 1.00 bits per heavy atom. The van der Waals surface area contributed by atoms with Gasteiger partial charge in [0, 0.05) is 12.7 Å². The minimum absolute atomic E-state index is 0.269. The number of fused-ring (bicyclic) bond motifs is 1. The quantitative estimate of drug-likeness (QED) is 0.515. The minimum Gasteiger partial charge on any atom is -0.342 e. The first-order chi connectivity index (χ1) is 15.2. The average Bonchev–Trinajstić information content (AvgIpc) is 3.02. The molecule has 0 bridgehead atoms. The molecule has 0 atom stereocenters. The van der Waals surface area contributed by atoms with E-state index in [9.17, 15) is 14.4 Å². The molecule has 0 unspecified atom stereocenters. The normalized spacial score (nSPS) is 11.2. The molecule has 0 aliphatic rings. The SMILES string of the molecule is Cc1cccc(-n2c(=O)c3c(cc(C)n3C)n(CC(=O)Nc3ccc(C)cc3Cl)c2=O)c1. The van der Waals surface area contributed by atoms with Gasteiger partial charge in [-0.2, -0.15) is 0 Å². The van der Waals surface area contributed by atoms with Gasteiger partial charge in [-0.05, 0) is 62.2 Å². The van der Waals surface area contributed by atoms with Crippen LogP contribution in [0.2, 0.25) is 5.02 Å². The second-order valence-corrected chi connectivity index (χ2v) is 8.37. The van der Waals surface area contributed by atoms with E-state index < -0.39 is 17.2 Å². The van der Waals surface area contributed by atoms with Crippen molar-refractivity contribution in [1.29, 1.82) is 0 Å². The van der Waals surface area contributed by atoms with Crippen molar-refractivity contribution in [3.05, 3.63) is 91.2 Å². The standard InChI is InChI=1S/C24H23ClN4O3/c1-14-6-5-7-17(10-14)29-23(31)22-20(12-16(3)27(22)4)28(24(29)32)13-21(30)26-19-9-8-15(2)11-18(19)25/h5-12H,13H2,1-4H3,(H,26,30). The summed E-state index contributed by atoms with van der Waals surface area (Å²) < 4.78 is 4.17. The molecule has 0 spiro atoms. The Morgan fingerprint density at radius 3 is 2.41 bits per heavy atom. The van der Waals surface area contributed by atoms with Crippen molar-refractivity contribution >= 4 is 34.2 Å². The third-order valence-corrected chi connectivity index (χ3v) is 5.84. The van der Waals surface area contributed by atoms with Gasteiger partial charge in [-0.15, -0.1) is 0 Å². The number of aromatic nitrogens is 3. The molecule has 4 aromatic rings. The van der Waals surface area contributed by atoms with E-state index in [1.165, 1.54) is 4.57 Å². The molecule has 1 amide bonds. The Hall–Kier alpha value is -3.58. The van der Waals surface area contributed by atoms with Crippen LogP contribution in [0.1, 0.15) is 16.8 Å². The van der Waals surface area contributed by atoms with Gasteiger partial charge in [-0.3, -0.25) is 14.2 Å². The first-order valence-corrected chi connectivity index (χ1v) is 10.5. The summed E-state index contributed by atoms with van der Waals surface area (Å²) in [5.74, 6) is -0.421. The molecule has 0 aliphatic carbocycles. The second-order valence-electron chi connectivity index (χ2n) is 7.96. The molecule has 1 N–H and O–H groups in total. The summed E-state index contributed by atoms with van der Waals surface area (Å²) in [5.41, 5.74) is 3.35. The van der Waals surface area contributed by atoms with Crippen LogP contribution in [-0.4, -0.2) is 19.6 Å². The predicted octanol–water partition coefficient (Wildman–Crippen LogP) is 3.71. The Bertz CT molecular complexity index is 1490. The lowest BCUT2D eigenvalue weighted by Gasteiger charge is -2.14. The fourth-order valence-electron chi connectivity index (χ4n) is 3.79. The van der Waals surface area contributed by atoms with E-state index in [-0.39, 0.29) is 6.54 Å². The highest BCUT2D eigenvalue weighted by atomic mass is 35.5. The topological polar surface area (TPSA) is 78.0 Å². The highest BCUT2D eigenvalue weighted by Crippen LogP contribution is 2.23. The second kappa shape index (κ2) is 8.16. The van der Waals surface area contributed by atoms with Crippen LogP contribution in [0, 0.1) is 20.8 Å². The number of hydrogen-bond donors (Lipinski definition) is 1. The highest BCUT2D eigenvalue weighted by Gasteiger charge is 2.20. The number of aryl methyl sites for hydroxylation is 4. The van der Waals surface area contributed by atoms with Crippen molar-refractivity contribution in [2.45, 2.75) is 27.3 Å². The van der Waals surface area contributed by atoms with Crippen LogP contribution in [0.15, 0.2) is 58.1 Å². The number of benzene rings is 2. The maximum atomic E-state index is 13.4. The zero-order valence-electron chi connectivity index (χ0n) is 18.3. The van der Waals surface area contributed by atoms with Crippen LogP contribution in [0.3, 0.4) is 0 Å². The molecule has 8 heteroatoms. The van der Waals surface area contributed by atoms with E-state index in [0.29, 0.717) is 27.4 Å². The monoisotopic (exact) mass is 450 g/mol. The number of nitrogens with one attached hydrogen (secondary N) is 1. The zero-order valence-corrected chi connectivity index (χ0v) is 19.0. The number of carbonyl (C=O) groups excluding carboxylic acids is 1. The Kier molecular flexibility index (Phi) is 5.52. The average molecular weight is 451 g/mol. The molecule has 0 saturated carbocycles. The van der Waals surface area contributed by atoms with Gasteiger partial charge in [0.25, 0.3) is 5.56 Å². The summed E-state index contributed by atoms with van der Waals surface area (Å²) >= 11 is 6.24. The smallest absolute Gasteiger partial charge is 0.336 e. The van der Waals surface area contributed by atoms with Gasteiger partial charge in [0.2, 0.25) is 5.91 Å². The van der Waals surface area contributed by atoms with Gasteiger partial charge in [0.05, 0.1) is 21.9 Å². The number of nitrogens with zero attached hydrogens (tertiary/aromatic N) is 3. The first kappa shape index (κ1) is 21.6. The summed E-state index contributed by atoms with van der Waals surface area (Å²) in [7, 11) is 1.76. The van der Waals surface area contributed by atoms with Gasteiger partial charge >= 0.3 is 5.69 Å². The van der Waals surface area contributed by atoms with Gasteiger partial charge in [-0.25, -0.2) is 9.36 Å². The van der Waals surface area contributed by atoms with E-state index in [1.807, 2.05) is 32.9 Å². The molecule has 32 heavy (non-hydrogen) atoms. The van der Waals surface area contributed by atoms with E-state index in [0.717, 1.165) is 21.4 Å². The molecule has 0 radical (unpaired) electrons. The molecule has 164 valence electrons. The lowest BCUT2D eigenvalue weighted by molar-refractivity contribution is -0.116. The molecule has 4 rings (SSSR count). The van der Waals surface area contributed by atoms with E-state index >= 15 is 0 Å². The van der Waals surface area contributed by atoms with Crippen LogP contribution in [0.4, 0.5) is 5.69 Å². The number of halogens is 1. The van der Waals surface area contributed by atoms with Gasteiger partial charge in [0.1, 0.15) is 12.1 Å². The first-order valence-electron chi connectivity index (χ1n) is 10.1. The van der Waals surface area contributed by atoms with Crippen molar-refractivity contribution in [2.24, 2.45) is 7.05 Å². The van der Waals surface area contributed by atoms with Crippen LogP contribution in [0.5, 0.6) is 0 Å². The molecule has 0 aliphatic heterocycles. The number of anilines is 1. The highest BCUT2D eigenvalue weighted by molar-refractivity contribution is 6.33. The maximum absolute atomic E-state index is 13.4. The van der Waals surface area contributed by atoms with Gasteiger partial charge in [0.15, 0.2) is 0 Å². The van der Waals surface area contributed by atoms with Crippen molar-refractivity contribution < 1.29 is 4.79 Å².